The molecular weight excluding hydrogens is 262 g/mol. The highest BCUT2D eigenvalue weighted by Crippen LogP contribution is 2.23. The molecule has 6 heteroatoms. The minimum absolute atomic E-state index is 0.410. The SMILES string of the molecule is Nc1ccc(-c2cncn2-c2ccc(F)c(F)c2)cn1. The molecule has 2 N–H and O–H groups in total. The first kappa shape index (κ1) is 12.3. The molecule has 0 bridgehead atoms. The van der Waals surface area contributed by atoms with E-state index in [0.717, 1.165) is 17.7 Å². The first-order valence-corrected chi connectivity index (χ1v) is 5.85. The number of rotatable bonds is 2. The van der Waals surface area contributed by atoms with Crippen molar-refractivity contribution in [1.82, 2.24) is 14.5 Å². The van der Waals surface area contributed by atoms with Crippen LogP contribution in [-0.2, 0) is 0 Å². The van der Waals surface area contributed by atoms with Gasteiger partial charge in [0.15, 0.2) is 11.6 Å². The van der Waals surface area contributed by atoms with Gasteiger partial charge in [-0.15, -0.1) is 0 Å². The van der Waals surface area contributed by atoms with Crippen LogP contribution in [0.4, 0.5) is 14.6 Å². The molecule has 20 heavy (non-hydrogen) atoms. The molecule has 0 saturated heterocycles. The highest BCUT2D eigenvalue weighted by Gasteiger charge is 2.09. The Bertz CT molecular complexity index is 750. The fourth-order valence-corrected chi connectivity index (χ4v) is 1.91. The van der Waals surface area contributed by atoms with E-state index in [4.69, 9.17) is 5.73 Å². The van der Waals surface area contributed by atoms with Crippen LogP contribution in [0, 0.1) is 11.6 Å². The second kappa shape index (κ2) is 4.73. The van der Waals surface area contributed by atoms with E-state index in [2.05, 4.69) is 9.97 Å². The summed E-state index contributed by atoms with van der Waals surface area (Å²) in [7, 11) is 0. The first-order chi connectivity index (χ1) is 9.65. The smallest absolute Gasteiger partial charge is 0.160 e. The number of benzene rings is 1. The highest BCUT2D eigenvalue weighted by atomic mass is 19.2. The monoisotopic (exact) mass is 272 g/mol. The van der Waals surface area contributed by atoms with Crippen molar-refractivity contribution in [3.05, 3.63) is 60.7 Å². The van der Waals surface area contributed by atoms with Crippen LogP contribution in [0.15, 0.2) is 49.1 Å². The minimum Gasteiger partial charge on any atom is -0.384 e. The molecule has 4 nitrogen and oxygen atoms in total. The molecule has 3 aromatic rings. The topological polar surface area (TPSA) is 56.7 Å². The molecule has 2 heterocycles. The van der Waals surface area contributed by atoms with Gasteiger partial charge >= 0.3 is 0 Å². The number of halogens is 2. The van der Waals surface area contributed by atoms with Gasteiger partial charge in [0.2, 0.25) is 0 Å². The fraction of sp³-hybridized carbons (Fsp3) is 0. The highest BCUT2D eigenvalue weighted by molar-refractivity contribution is 5.61. The summed E-state index contributed by atoms with van der Waals surface area (Å²) < 4.78 is 28.0. The molecule has 1 aromatic carbocycles. The zero-order valence-corrected chi connectivity index (χ0v) is 10.3. The molecule has 0 aliphatic carbocycles. The Morgan fingerprint density at radius 1 is 1.00 bits per heavy atom. The Morgan fingerprint density at radius 3 is 2.55 bits per heavy atom. The quantitative estimate of drug-likeness (QED) is 0.780. The first-order valence-electron chi connectivity index (χ1n) is 5.85. The fourth-order valence-electron chi connectivity index (χ4n) is 1.91. The zero-order valence-electron chi connectivity index (χ0n) is 10.3. The third-order valence-corrected chi connectivity index (χ3v) is 2.90. The summed E-state index contributed by atoms with van der Waals surface area (Å²) in [5, 5.41) is 0. The summed E-state index contributed by atoms with van der Waals surface area (Å²) in [5.41, 5.74) is 7.51. The Morgan fingerprint density at radius 2 is 1.85 bits per heavy atom. The average molecular weight is 272 g/mol. The third-order valence-electron chi connectivity index (χ3n) is 2.90. The van der Waals surface area contributed by atoms with Gasteiger partial charge in [-0.05, 0) is 24.3 Å². The van der Waals surface area contributed by atoms with Gasteiger partial charge < -0.3 is 5.73 Å². The van der Waals surface area contributed by atoms with E-state index in [-0.39, 0.29) is 0 Å². The molecule has 0 amide bonds. The summed E-state index contributed by atoms with van der Waals surface area (Å²) in [6.45, 7) is 0. The lowest BCUT2D eigenvalue weighted by Gasteiger charge is -2.08. The molecule has 3 rings (SSSR count). The minimum atomic E-state index is -0.905. The number of pyridine rings is 1. The number of hydrogen-bond donors (Lipinski definition) is 1. The lowest BCUT2D eigenvalue weighted by molar-refractivity contribution is 0.508. The second-order valence-electron chi connectivity index (χ2n) is 4.22. The number of nitrogens with two attached hydrogens (primary N) is 1. The van der Waals surface area contributed by atoms with Crippen LogP contribution in [0.25, 0.3) is 16.9 Å². The van der Waals surface area contributed by atoms with Crippen LogP contribution in [0.1, 0.15) is 0 Å². The van der Waals surface area contributed by atoms with Crippen molar-refractivity contribution in [3.63, 3.8) is 0 Å². The summed E-state index contributed by atoms with van der Waals surface area (Å²) >= 11 is 0. The van der Waals surface area contributed by atoms with E-state index in [1.807, 2.05) is 0 Å². The van der Waals surface area contributed by atoms with E-state index in [0.29, 0.717) is 17.2 Å². The van der Waals surface area contributed by atoms with E-state index in [9.17, 15) is 8.78 Å². The van der Waals surface area contributed by atoms with Gasteiger partial charge in [-0.25, -0.2) is 18.7 Å². The molecule has 0 saturated carbocycles. The average Bonchev–Trinajstić information content (AvgIpc) is 2.92. The summed E-state index contributed by atoms with van der Waals surface area (Å²) in [6.07, 6.45) is 4.75. The van der Waals surface area contributed by atoms with E-state index < -0.39 is 11.6 Å². The standard InChI is InChI=1S/C14H10F2N4/c15-11-3-2-10(5-12(11)16)20-8-18-7-13(20)9-1-4-14(17)19-6-9/h1-8H,(H2,17,19). The number of imidazole rings is 1. The van der Waals surface area contributed by atoms with Gasteiger partial charge in [-0.1, -0.05) is 0 Å². The van der Waals surface area contributed by atoms with Crippen molar-refractivity contribution in [1.29, 1.82) is 0 Å². The molecule has 100 valence electrons. The van der Waals surface area contributed by atoms with Crippen molar-refractivity contribution in [2.45, 2.75) is 0 Å². The molecule has 2 aromatic heterocycles. The maximum atomic E-state index is 13.3. The van der Waals surface area contributed by atoms with Gasteiger partial charge in [0, 0.05) is 17.8 Å². The van der Waals surface area contributed by atoms with Crippen LogP contribution in [0.2, 0.25) is 0 Å². The van der Waals surface area contributed by atoms with Crippen LogP contribution < -0.4 is 5.73 Å². The second-order valence-corrected chi connectivity index (χ2v) is 4.22. The predicted octanol–water partition coefficient (Wildman–Crippen LogP) is 2.79. The number of aromatic nitrogens is 3. The summed E-state index contributed by atoms with van der Waals surface area (Å²) in [5.74, 6) is -1.38. The third kappa shape index (κ3) is 2.11. The van der Waals surface area contributed by atoms with Crippen molar-refractivity contribution in [2.24, 2.45) is 0 Å². The Labute approximate surface area is 113 Å². The van der Waals surface area contributed by atoms with Crippen LogP contribution in [-0.4, -0.2) is 14.5 Å². The molecule has 0 atom stereocenters. The molecule has 0 fully saturated rings. The Balaban J connectivity index is 2.10. The van der Waals surface area contributed by atoms with Gasteiger partial charge in [-0.3, -0.25) is 4.57 Å². The molecule has 0 spiro atoms. The molecular formula is C14H10F2N4. The van der Waals surface area contributed by atoms with Gasteiger partial charge in [0.05, 0.1) is 23.9 Å². The molecule has 0 aliphatic heterocycles. The lowest BCUT2D eigenvalue weighted by atomic mass is 10.2. The Kier molecular flexibility index (Phi) is 2.90. The summed E-state index contributed by atoms with van der Waals surface area (Å²) in [6, 6.07) is 7.13. The number of nitrogens with zero attached hydrogens (tertiary/aromatic N) is 3. The largest absolute Gasteiger partial charge is 0.384 e. The molecule has 0 radical (unpaired) electrons. The number of nitrogen functional groups attached to an aromatic ring is 1. The molecule has 0 unspecified atom stereocenters. The summed E-state index contributed by atoms with van der Waals surface area (Å²) in [4.78, 5) is 8.04. The van der Waals surface area contributed by atoms with Crippen LogP contribution >= 0.6 is 0 Å². The van der Waals surface area contributed by atoms with Gasteiger partial charge in [0.1, 0.15) is 5.82 Å². The van der Waals surface area contributed by atoms with Crippen LogP contribution in [0.5, 0.6) is 0 Å². The van der Waals surface area contributed by atoms with Crippen molar-refractivity contribution in [3.8, 4) is 16.9 Å². The zero-order chi connectivity index (χ0) is 14.1. The van der Waals surface area contributed by atoms with Crippen molar-refractivity contribution >= 4 is 5.82 Å². The normalized spacial score (nSPS) is 10.7. The lowest BCUT2D eigenvalue weighted by Crippen LogP contribution is -1.98. The van der Waals surface area contributed by atoms with Crippen LogP contribution in [0.3, 0.4) is 0 Å². The maximum absolute atomic E-state index is 13.3. The Hall–Kier alpha value is -2.76. The number of anilines is 1. The predicted molar refractivity (Wildman–Crippen MR) is 71.1 cm³/mol. The molecule has 0 aliphatic rings. The van der Waals surface area contributed by atoms with E-state index in [1.54, 1.807) is 29.1 Å². The van der Waals surface area contributed by atoms with E-state index in [1.165, 1.54) is 12.4 Å². The van der Waals surface area contributed by atoms with Gasteiger partial charge in [0.25, 0.3) is 0 Å². The van der Waals surface area contributed by atoms with Gasteiger partial charge in [-0.2, -0.15) is 0 Å². The van der Waals surface area contributed by atoms with Crippen molar-refractivity contribution < 1.29 is 8.78 Å². The van der Waals surface area contributed by atoms with E-state index >= 15 is 0 Å². The van der Waals surface area contributed by atoms with Crippen molar-refractivity contribution in [2.75, 3.05) is 5.73 Å². The number of hydrogen-bond acceptors (Lipinski definition) is 3. The maximum Gasteiger partial charge on any atom is 0.160 e.